The van der Waals surface area contributed by atoms with Gasteiger partial charge in [0.25, 0.3) is 0 Å². The Kier molecular flexibility index (Phi) is 3.11. The van der Waals surface area contributed by atoms with E-state index in [1.807, 2.05) is 18.2 Å². The van der Waals surface area contributed by atoms with E-state index in [0.717, 1.165) is 6.42 Å². The molecule has 2 fully saturated rings. The van der Waals surface area contributed by atoms with E-state index < -0.39 is 0 Å². The van der Waals surface area contributed by atoms with Crippen LogP contribution in [-0.4, -0.2) is 18.9 Å². The predicted octanol–water partition coefficient (Wildman–Crippen LogP) is 3.27. The Balaban J connectivity index is 1.78. The monoisotopic (exact) mass is 243 g/mol. The maximum atomic E-state index is 12.3. The second kappa shape index (κ2) is 4.75. The van der Waals surface area contributed by atoms with Crippen molar-refractivity contribution in [3.8, 4) is 0 Å². The lowest BCUT2D eigenvalue weighted by atomic mass is 9.65. The standard InChI is InChI=1S/C16H21NO/c1-17(12-8-4-2-5-9-12)15-13-10-6-3-7-11-14(13)16(15)18/h2,4-5,8-9,13-15H,3,6-7,10-11H2,1H3/t13-,14+,15-/m1/s1. The molecule has 0 saturated heterocycles. The molecule has 2 heteroatoms. The summed E-state index contributed by atoms with van der Waals surface area (Å²) in [7, 11) is 2.07. The highest BCUT2D eigenvalue weighted by Crippen LogP contribution is 2.44. The largest absolute Gasteiger partial charge is 0.364 e. The highest BCUT2D eigenvalue weighted by atomic mass is 16.1. The number of nitrogens with zero attached hydrogens (tertiary/aromatic N) is 1. The first-order valence-electron chi connectivity index (χ1n) is 7.10. The van der Waals surface area contributed by atoms with Gasteiger partial charge in [0.15, 0.2) is 5.78 Å². The fraction of sp³-hybridized carbons (Fsp3) is 0.562. The van der Waals surface area contributed by atoms with Crippen LogP contribution in [0.3, 0.4) is 0 Å². The summed E-state index contributed by atoms with van der Waals surface area (Å²) in [6.07, 6.45) is 6.21. The topological polar surface area (TPSA) is 20.3 Å². The van der Waals surface area contributed by atoms with Gasteiger partial charge in [0.1, 0.15) is 0 Å². The summed E-state index contributed by atoms with van der Waals surface area (Å²) >= 11 is 0. The predicted molar refractivity (Wildman–Crippen MR) is 73.7 cm³/mol. The number of carbonyl (C=O) groups is 1. The molecule has 0 aromatic heterocycles. The average Bonchev–Trinajstić information content (AvgIpc) is 2.62. The molecular weight excluding hydrogens is 222 g/mol. The summed E-state index contributed by atoms with van der Waals surface area (Å²) in [4.78, 5) is 14.5. The zero-order chi connectivity index (χ0) is 12.5. The maximum Gasteiger partial charge on any atom is 0.158 e. The van der Waals surface area contributed by atoms with Crippen LogP contribution in [0.25, 0.3) is 0 Å². The Hall–Kier alpha value is -1.31. The van der Waals surface area contributed by atoms with Gasteiger partial charge in [-0.05, 0) is 30.9 Å². The molecule has 2 saturated carbocycles. The van der Waals surface area contributed by atoms with Gasteiger partial charge in [-0.1, -0.05) is 37.5 Å². The van der Waals surface area contributed by atoms with Crippen molar-refractivity contribution in [1.29, 1.82) is 0 Å². The second-order valence-corrected chi connectivity index (χ2v) is 5.70. The zero-order valence-corrected chi connectivity index (χ0v) is 11.0. The van der Waals surface area contributed by atoms with Gasteiger partial charge in [-0.3, -0.25) is 4.79 Å². The van der Waals surface area contributed by atoms with Crippen molar-refractivity contribution in [1.82, 2.24) is 0 Å². The third kappa shape index (κ3) is 1.84. The minimum absolute atomic E-state index is 0.135. The van der Waals surface area contributed by atoms with Crippen LogP contribution in [0.2, 0.25) is 0 Å². The molecule has 18 heavy (non-hydrogen) atoms. The molecule has 2 aliphatic carbocycles. The van der Waals surface area contributed by atoms with Crippen LogP contribution >= 0.6 is 0 Å². The maximum absolute atomic E-state index is 12.3. The molecule has 3 atom stereocenters. The lowest BCUT2D eigenvalue weighted by Gasteiger charge is -2.47. The van der Waals surface area contributed by atoms with Gasteiger partial charge in [-0.2, -0.15) is 0 Å². The third-order valence-corrected chi connectivity index (χ3v) is 4.71. The number of para-hydroxylation sites is 1. The summed E-state index contributed by atoms with van der Waals surface area (Å²) in [5, 5.41) is 0. The molecule has 0 unspecified atom stereocenters. The molecule has 0 radical (unpaired) electrons. The van der Waals surface area contributed by atoms with Crippen LogP contribution in [0, 0.1) is 11.8 Å². The highest BCUT2D eigenvalue weighted by Gasteiger charge is 2.51. The smallest absolute Gasteiger partial charge is 0.158 e. The second-order valence-electron chi connectivity index (χ2n) is 5.70. The molecule has 96 valence electrons. The molecule has 0 bridgehead atoms. The van der Waals surface area contributed by atoms with Crippen LogP contribution in [0.15, 0.2) is 30.3 Å². The van der Waals surface area contributed by atoms with E-state index >= 15 is 0 Å². The van der Waals surface area contributed by atoms with Crippen LogP contribution in [0.4, 0.5) is 5.69 Å². The van der Waals surface area contributed by atoms with Gasteiger partial charge < -0.3 is 4.90 Å². The van der Waals surface area contributed by atoms with Gasteiger partial charge >= 0.3 is 0 Å². The van der Waals surface area contributed by atoms with Crippen molar-refractivity contribution in [3.05, 3.63) is 30.3 Å². The molecule has 0 heterocycles. The van der Waals surface area contributed by atoms with Crippen LogP contribution < -0.4 is 4.90 Å². The number of fused-ring (bicyclic) bond motifs is 1. The third-order valence-electron chi connectivity index (χ3n) is 4.71. The molecule has 2 nitrogen and oxygen atoms in total. The fourth-order valence-corrected chi connectivity index (χ4v) is 3.68. The van der Waals surface area contributed by atoms with E-state index in [1.54, 1.807) is 0 Å². The van der Waals surface area contributed by atoms with E-state index in [-0.39, 0.29) is 6.04 Å². The molecule has 3 rings (SSSR count). The lowest BCUT2D eigenvalue weighted by molar-refractivity contribution is -0.137. The van der Waals surface area contributed by atoms with Crippen LogP contribution in [0.1, 0.15) is 32.1 Å². The molecular formula is C16H21NO. The number of likely N-dealkylation sites (N-methyl/N-ethyl adjacent to an activating group) is 1. The number of ketones is 1. The molecule has 0 N–H and O–H groups in total. The number of rotatable bonds is 2. The fourth-order valence-electron chi connectivity index (χ4n) is 3.68. The molecule has 1 aromatic rings. The van der Waals surface area contributed by atoms with Crippen molar-refractivity contribution in [2.24, 2.45) is 11.8 Å². The van der Waals surface area contributed by atoms with Crippen molar-refractivity contribution in [2.45, 2.75) is 38.1 Å². The molecule has 0 spiro atoms. The summed E-state index contributed by atoms with van der Waals surface area (Å²) in [5.74, 6) is 1.45. The summed E-state index contributed by atoms with van der Waals surface area (Å²) < 4.78 is 0. The Morgan fingerprint density at radius 2 is 1.78 bits per heavy atom. The van der Waals surface area contributed by atoms with E-state index in [0.29, 0.717) is 17.6 Å². The first-order valence-corrected chi connectivity index (χ1v) is 7.10. The summed E-state index contributed by atoms with van der Waals surface area (Å²) in [6, 6.07) is 10.4. The summed E-state index contributed by atoms with van der Waals surface area (Å²) in [6.45, 7) is 0. The number of anilines is 1. The molecule has 0 aliphatic heterocycles. The molecule has 1 aromatic carbocycles. The van der Waals surface area contributed by atoms with Gasteiger partial charge in [0.2, 0.25) is 0 Å². The van der Waals surface area contributed by atoms with E-state index in [9.17, 15) is 4.79 Å². The van der Waals surface area contributed by atoms with Crippen molar-refractivity contribution in [3.63, 3.8) is 0 Å². The number of carbonyl (C=O) groups excluding carboxylic acids is 1. The van der Waals surface area contributed by atoms with E-state index in [4.69, 9.17) is 0 Å². The van der Waals surface area contributed by atoms with E-state index in [1.165, 1.54) is 31.4 Å². The van der Waals surface area contributed by atoms with Gasteiger partial charge in [0, 0.05) is 18.7 Å². The van der Waals surface area contributed by atoms with Gasteiger partial charge in [-0.15, -0.1) is 0 Å². The Bertz CT molecular complexity index is 428. The summed E-state index contributed by atoms with van der Waals surface area (Å²) in [5.41, 5.74) is 1.17. The minimum Gasteiger partial charge on any atom is -0.364 e. The number of Topliss-reactive ketones (excluding diaryl/α,β-unsaturated/α-hetero) is 1. The quantitative estimate of drug-likeness (QED) is 0.794. The first kappa shape index (κ1) is 11.8. The number of hydrogen-bond acceptors (Lipinski definition) is 2. The Morgan fingerprint density at radius 1 is 1.06 bits per heavy atom. The van der Waals surface area contributed by atoms with E-state index in [2.05, 4.69) is 24.1 Å². The van der Waals surface area contributed by atoms with Gasteiger partial charge in [0.05, 0.1) is 6.04 Å². The minimum atomic E-state index is 0.135. The van der Waals surface area contributed by atoms with Crippen LogP contribution in [-0.2, 0) is 4.79 Å². The SMILES string of the molecule is CN(c1ccccc1)[C@H]1C(=O)[C@H]2CCCCC[C@H]21. The Labute approximate surface area is 109 Å². The first-order chi connectivity index (χ1) is 8.79. The van der Waals surface area contributed by atoms with Crippen molar-refractivity contribution in [2.75, 3.05) is 11.9 Å². The van der Waals surface area contributed by atoms with Crippen molar-refractivity contribution < 1.29 is 4.79 Å². The highest BCUT2D eigenvalue weighted by molar-refractivity contribution is 5.96. The lowest BCUT2D eigenvalue weighted by Crippen LogP contribution is -2.59. The normalized spacial score (nSPS) is 31.2. The average molecular weight is 243 g/mol. The van der Waals surface area contributed by atoms with Crippen molar-refractivity contribution >= 4 is 11.5 Å². The Morgan fingerprint density at radius 3 is 2.56 bits per heavy atom. The van der Waals surface area contributed by atoms with Crippen LogP contribution in [0.5, 0.6) is 0 Å². The number of benzene rings is 1. The molecule has 0 amide bonds. The number of hydrogen-bond donors (Lipinski definition) is 0. The van der Waals surface area contributed by atoms with Gasteiger partial charge in [-0.25, -0.2) is 0 Å². The molecule has 2 aliphatic rings. The zero-order valence-electron chi connectivity index (χ0n) is 11.0.